The number of hydrogen-bond donors (Lipinski definition) is 1. The third-order valence-corrected chi connectivity index (χ3v) is 3.79. The molecule has 0 aliphatic carbocycles. The van der Waals surface area contributed by atoms with E-state index in [0.29, 0.717) is 5.88 Å². The molecule has 0 saturated carbocycles. The molecule has 0 unspecified atom stereocenters. The summed E-state index contributed by atoms with van der Waals surface area (Å²) in [6, 6.07) is 9.54. The first-order chi connectivity index (χ1) is 9.01. The molecule has 1 aromatic carbocycles. The van der Waals surface area contributed by atoms with Crippen molar-refractivity contribution in [2.24, 2.45) is 0 Å². The average molecular weight is 279 g/mol. The molecule has 2 rings (SSSR count). The second-order valence-corrected chi connectivity index (χ2v) is 5.56. The molecule has 7 heteroatoms. The molecule has 0 aliphatic heterocycles. The molecule has 1 N–H and O–H groups in total. The molecule has 1 heterocycles. The molecule has 2 aromatic rings. The summed E-state index contributed by atoms with van der Waals surface area (Å²) in [6.07, 6.45) is 0. The molecule has 0 spiro atoms. The van der Waals surface area contributed by atoms with Crippen molar-refractivity contribution in [3.63, 3.8) is 0 Å². The lowest BCUT2D eigenvalue weighted by molar-refractivity contribution is 0.392. The predicted molar refractivity (Wildman–Crippen MR) is 70.6 cm³/mol. The van der Waals surface area contributed by atoms with Gasteiger partial charge < -0.3 is 4.74 Å². The van der Waals surface area contributed by atoms with Crippen LogP contribution in [0.2, 0.25) is 0 Å². The summed E-state index contributed by atoms with van der Waals surface area (Å²) in [6.45, 7) is 1.89. The Morgan fingerprint density at radius 1 is 1.05 bits per heavy atom. The molecular formula is C12H13N3O3S. The number of aryl methyl sites for hydroxylation is 1. The van der Waals surface area contributed by atoms with E-state index in [4.69, 9.17) is 4.74 Å². The molecule has 0 atom stereocenters. The first-order valence-corrected chi connectivity index (χ1v) is 6.97. The highest BCUT2D eigenvalue weighted by molar-refractivity contribution is 7.92. The van der Waals surface area contributed by atoms with E-state index in [0.717, 1.165) is 5.56 Å². The number of nitrogens with one attached hydrogen (secondary N) is 1. The van der Waals surface area contributed by atoms with Crippen LogP contribution in [-0.2, 0) is 10.0 Å². The summed E-state index contributed by atoms with van der Waals surface area (Å²) in [5, 5.41) is 7.40. The highest BCUT2D eigenvalue weighted by Crippen LogP contribution is 2.15. The first kappa shape index (κ1) is 13.3. The largest absolute Gasteiger partial charge is 0.480 e. The number of rotatable bonds is 4. The lowest BCUT2D eigenvalue weighted by Gasteiger charge is -2.07. The van der Waals surface area contributed by atoms with Gasteiger partial charge in [0.2, 0.25) is 5.88 Å². The van der Waals surface area contributed by atoms with E-state index in [1.807, 2.05) is 6.92 Å². The van der Waals surface area contributed by atoms with Crippen molar-refractivity contribution in [3.05, 3.63) is 42.0 Å². The zero-order valence-electron chi connectivity index (χ0n) is 10.5. The molecule has 6 nitrogen and oxygen atoms in total. The molecule has 0 aliphatic rings. The van der Waals surface area contributed by atoms with Crippen LogP contribution in [0.25, 0.3) is 0 Å². The van der Waals surface area contributed by atoms with E-state index in [9.17, 15) is 8.42 Å². The summed E-state index contributed by atoms with van der Waals surface area (Å²) in [4.78, 5) is 0.177. The third kappa shape index (κ3) is 3.19. The van der Waals surface area contributed by atoms with Crippen LogP contribution in [0, 0.1) is 6.92 Å². The van der Waals surface area contributed by atoms with Crippen molar-refractivity contribution in [1.29, 1.82) is 0 Å². The van der Waals surface area contributed by atoms with E-state index in [-0.39, 0.29) is 10.7 Å². The highest BCUT2D eigenvalue weighted by Gasteiger charge is 2.14. The van der Waals surface area contributed by atoms with Gasteiger partial charge in [0.1, 0.15) is 0 Å². The van der Waals surface area contributed by atoms with Crippen molar-refractivity contribution in [2.45, 2.75) is 11.8 Å². The van der Waals surface area contributed by atoms with Gasteiger partial charge in [-0.15, -0.1) is 10.2 Å². The second kappa shape index (κ2) is 5.23. The third-order valence-electron chi connectivity index (χ3n) is 2.42. The van der Waals surface area contributed by atoms with Crippen molar-refractivity contribution >= 4 is 15.8 Å². The fourth-order valence-electron chi connectivity index (χ4n) is 1.40. The summed E-state index contributed by atoms with van der Waals surface area (Å²) < 4.78 is 31.3. The maximum absolute atomic E-state index is 12.1. The first-order valence-electron chi connectivity index (χ1n) is 5.48. The molecular weight excluding hydrogens is 266 g/mol. The van der Waals surface area contributed by atoms with Gasteiger partial charge in [0.25, 0.3) is 10.0 Å². The Labute approximate surface area is 111 Å². The lowest BCUT2D eigenvalue weighted by Crippen LogP contribution is -2.14. The van der Waals surface area contributed by atoms with Crippen LogP contribution in [0.3, 0.4) is 0 Å². The van der Waals surface area contributed by atoms with Crippen molar-refractivity contribution in [2.75, 3.05) is 11.8 Å². The Morgan fingerprint density at radius 3 is 2.26 bits per heavy atom. The van der Waals surface area contributed by atoms with E-state index in [1.165, 1.54) is 31.4 Å². The van der Waals surface area contributed by atoms with E-state index in [2.05, 4.69) is 14.9 Å². The molecule has 0 radical (unpaired) electrons. The van der Waals surface area contributed by atoms with Crippen molar-refractivity contribution in [1.82, 2.24) is 10.2 Å². The second-order valence-electron chi connectivity index (χ2n) is 3.88. The van der Waals surface area contributed by atoms with Gasteiger partial charge >= 0.3 is 0 Å². The van der Waals surface area contributed by atoms with Crippen LogP contribution >= 0.6 is 0 Å². The quantitative estimate of drug-likeness (QED) is 0.919. The van der Waals surface area contributed by atoms with E-state index in [1.54, 1.807) is 12.1 Å². The monoisotopic (exact) mass is 279 g/mol. The number of methoxy groups -OCH3 is 1. The standard InChI is InChI=1S/C12H13N3O3S/c1-9-3-5-10(6-4-9)19(16,17)15-11-7-8-12(18-2)14-13-11/h3-8H,1-2H3,(H,13,15). The molecule has 1 aromatic heterocycles. The zero-order valence-corrected chi connectivity index (χ0v) is 11.3. The summed E-state index contributed by atoms with van der Waals surface area (Å²) in [5.74, 6) is 0.458. The highest BCUT2D eigenvalue weighted by atomic mass is 32.2. The minimum absolute atomic E-state index is 0.140. The van der Waals surface area contributed by atoms with Gasteiger partial charge in [0, 0.05) is 6.07 Å². The van der Waals surface area contributed by atoms with Gasteiger partial charge in [-0.05, 0) is 25.1 Å². The van der Waals surface area contributed by atoms with Gasteiger partial charge in [-0.3, -0.25) is 4.72 Å². The van der Waals surface area contributed by atoms with Gasteiger partial charge in [0.05, 0.1) is 12.0 Å². The van der Waals surface area contributed by atoms with Crippen LogP contribution in [0.1, 0.15) is 5.56 Å². The Bertz CT molecular complexity index is 652. The number of nitrogens with zero attached hydrogens (tertiary/aromatic N) is 2. The molecule has 0 amide bonds. The number of ether oxygens (including phenoxy) is 1. The fourth-order valence-corrected chi connectivity index (χ4v) is 2.39. The molecule has 0 bridgehead atoms. The number of benzene rings is 1. The van der Waals surface area contributed by atoms with Crippen LogP contribution in [0.15, 0.2) is 41.3 Å². The van der Waals surface area contributed by atoms with Gasteiger partial charge in [0.15, 0.2) is 5.82 Å². The van der Waals surface area contributed by atoms with E-state index >= 15 is 0 Å². The fraction of sp³-hybridized carbons (Fsp3) is 0.167. The maximum atomic E-state index is 12.1. The molecule has 0 saturated heterocycles. The normalized spacial score (nSPS) is 11.1. The van der Waals surface area contributed by atoms with Crippen LogP contribution < -0.4 is 9.46 Å². The smallest absolute Gasteiger partial charge is 0.263 e. The van der Waals surface area contributed by atoms with Crippen LogP contribution in [-0.4, -0.2) is 25.7 Å². The Kier molecular flexibility index (Phi) is 3.66. The minimum atomic E-state index is -3.64. The van der Waals surface area contributed by atoms with Gasteiger partial charge in [-0.25, -0.2) is 8.42 Å². The van der Waals surface area contributed by atoms with Gasteiger partial charge in [-0.1, -0.05) is 17.7 Å². The van der Waals surface area contributed by atoms with Gasteiger partial charge in [-0.2, -0.15) is 0 Å². The minimum Gasteiger partial charge on any atom is -0.480 e. The molecule has 100 valence electrons. The maximum Gasteiger partial charge on any atom is 0.263 e. The van der Waals surface area contributed by atoms with Crippen LogP contribution in [0.5, 0.6) is 5.88 Å². The Morgan fingerprint density at radius 2 is 1.74 bits per heavy atom. The topological polar surface area (TPSA) is 81.2 Å². The van der Waals surface area contributed by atoms with Crippen molar-refractivity contribution < 1.29 is 13.2 Å². The number of sulfonamides is 1. The van der Waals surface area contributed by atoms with E-state index < -0.39 is 10.0 Å². The number of hydrogen-bond acceptors (Lipinski definition) is 5. The lowest BCUT2D eigenvalue weighted by atomic mass is 10.2. The molecule has 0 fully saturated rings. The summed E-state index contributed by atoms with van der Waals surface area (Å²) in [7, 11) is -2.18. The number of aromatic nitrogens is 2. The molecule has 19 heavy (non-hydrogen) atoms. The number of anilines is 1. The van der Waals surface area contributed by atoms with Crippen LogP contribution in [0.4, 0.5) is 5.82 Å². The Hall–Kier alpha value is -2.15. The summed E-state index contributed by atoms with van der Waals surface area (Å²) >= 11 is 0. The summed E-state index contributed by atoms with van der Waals surface area (Å²) in [5.41, 5.74) is 0.989. The average Bonchev–Trinajstić information content (AvgIpc) is 2.40. The van der Waals surface area contributed by atoms with Crippen molar-refractivity contribution in [3.8, 4) is 5.88 Å². The zero-order chi connectivity index (χ0) is 13.9. The SMILES string of the molecule is COc1ccc(NS(=O)(=O)c2ccc(C)cc2)nn1. The Balaban J connectivity index is 2.23. The predicted octanol–water partition coefficient (Wildman–Crippen LogP) is 1.59.